The highest BCUT2D eigenvalue weighted by atomic mass is 16.5. The first-order chi connectivity index (χ1) is 15.2. The van der Waals surface area contributed by atoms with E-state index in [1.165, 1.54) is 0 Å². The fourth-order valence-corrected chi connectivity index (χ4v) is 4.51. The highest BCUT2D eigenvalue weighted by Crippen LogP contribution is 2.36. The van der Waals surface area contributed by atoms with E-state index in [9.17, 15) is 9.59 Å². The molecule has 0 radical (unpaired) electrons. The lowest BCUT2D eigenvalue weighted by Crippen LogP contribution is -2.32. The zero-order valence-corrected chi connectivity index (χ0v) is 17.3. The second-order valence-electron chi connectivity index (χ2n) is 8.03. The molecule has 6 heteroatoms. The number of para-hydroxylation sites is 1. The Balaban J connectivity index is 1.52. The number of likely N-dealkylation sites (tertiary alicyclic amines) is 1. The molecule has 1 amide bonds. The number of allylic oxidation sites excluding steroid dienone is 1. The quantitative estimate of drug-likeness (QED) is 0.586. The first-order valence-corrected chi connectivity index (χ1v) is 10.8. The van der Waals surface area contributed by atoms with Gasteiger partial charge in [0.05, 0.1) is 23.0 Å². The van der Waals surface area contributed by atoms with Crippen molar-refractivity contribution in [1.29, 1.82) is 0 Å². The summed E-state index contributed by atoms with van der Waals surface area (Å²) in [4.78, 5) is 32.2. The monoisotopic (exact) mass is 416 g/mol. The number of rotatable bonds is 4. The molecule has 0 unspecified atom stereocenters. The summed E-state index contributed by atoms with van der Waals surface area (Å²) in [6.07, 6.45) is 8.16. The van der Waals surface area contributed by atoms with Crippen molar-refractivity contribution < 1.29 is 18.7 Å². The standard InChI is InChI=1S/C25H24N2O4/c28-22(27-12-3-4-13-27)16-31-25(29)23-19-9-1-2-11-21(19)26-24-17(7-5-10-20(23)24)15-18-8-6-14-30-18/h1-2,6,8-9,11,14-15H,3-5,7,10,12-13,16H2/b17-15+. The van der Waals surface area contributed by atoms with Crippen LogP contribution in [0.15, 0.2) is 47.1 Å². The molecule has 158 valence electrons. The molecule has 3 heterocycles. The van der Waals surface area contributed by atoms with Gasteiger partial charge >= 0.3 is 5.97 Å². The number of hydrogen-bond acceptors (Lipinski definition) is 5. The molecule has 0 N–H and O–H groups in total. The van der Waals surface area contributed by atoms with Gasteiger partial charge in [-0.25, -0.2) is 9.78 Å². The van der Waals surface area contributed by atoms with E-state index >= 15 is 0 Å². The minimum absolute atomic E-state index is 0.128. The van der Waals surface area contributed by atoms with E-state index < -0.39 is 5.97 Å². The summed E-state index contributed by atoms with van der Waals surface area (Å²) in [5.74, 6) is 0.177. The second-order valence-corrected chi connectivity index (χ2v) is 8.03. The van der Waals surface area contributed by atoms with Gasteiger partial charge in [0.25, 0.3) is 5.91 Å². The Bertz CT molecular complexity index is 1160. The molecule has 1 aromatic carbocycles. The first kappa shape index (κ1) is 19.5. The van der Waals surface area contributed by atoms with Gasteiger partial charge in [-0.05, 0) is 67.5 Å². The van der Waals surface area contributed by atoms with E-state index in [4.69, 9.17) is 14.1 Å². The maximum Gasteiger partial charge on any atom is 0.339 e. The van der Waals surface area contributed by atoms with Gasteiger partial charge in [0.2, 0.25) is 0 Å². The van der Waals surface area contributed by atoms with Crippen LogP contribution in [0.2, 0.25) is 0 Å². The van der Waals surface area contributed by atoms with Crippen molar-refractivity contribution in [3.05, 3.63) is 65.2 Å². The SMILES string of the molecule is O=C(OCC(=O)N1CCCC1)c1c2c(nc3ccccc13)/C(=C/c1ccco1)CCC2. The van der Waals surface area contributed by atoms with Crippen molar-refractivity contribution in [2.45, 2.75) is 32.1 Å². The van der Waals surface area contributed by atoms with Crippen molar-refractivity contribution in [2.75, 3.05) is 19.7 Å². The molecule has 0 spiro atoms. The van der Waals surface area contributed by atoms with Gasteiger partial charge < -0.3 is 14.1 Å². The number of benzene rings is 1. The predicted octanol–water partition coefficient (Wildman–Crippen LogP) is 4.48. The van der Waals surface area contributed by atoms with Crippen LogP contribution in [0.3, 0.4) is 0 Å². The Hall–Kier alpha value is -3.41. The maximum atomic E-state index is 13.2. The van der Waals surface area contributed by atoms with E-state index in [0.717, 1.165) is 78.7 Å². The number of hydrogen-bond donors (Lipinski definition) is 0. The first-order valence-electron chi connectivity index (χ1n) is 10.8. The van der Waals surface area contributed by atoms with Crippen LogP contribution in [0.4, 0.5) is 0 Å². The number of aromatic nitrogens is 1. The molecule has 0 saturated carbocycles. The third-order valence-electron chi connectivity index (χ3n) is 6.02. The summed E-state index contributed by atoms with van der Waals surface area (Å²) in [7, 11) is 0. The third-order valence-corrected chi connectivity index (χ3v) is 6.02. The number of amides is 1. The number of nitrogens with zero attached hydrogens (tertiary/aromatic N) is 2. The Morgan fingerprint density at radius 3 is 2.71 bits per heavy atom. The Morgan fingerprint density at radius 1 is 1.06 bits per heavy atom. The molecule has 0 atom stereocenters. The van der Waals surface area contributed by atoms with Crippen LogP contribution in [-0.4, -0.2) is 41.5 Å². The number of carbonyl (C=O) groups excluding carboxylic acids is 2. The van der Waals surface area contributed by atoms with Crippen LogP contribution in [0.1, 0.15) is 53.1 Å². The molecular formula is C25H24N2O4. The van der Waals surface area contributed by atoms with Crippen LogP contribution in [0, 0.1) is 0 Å². The van der Waals surface area contributed by atoms with Crippen molar-refractivity contribution in [3.63, 3.8) is 0 Å². The number of esters is 1. The van der Waals surface area contributed by atoms with Gasteiger partial charge in [-0.1, -0.05) is 18.2 Å². The Morgan fingerprint density at radius 2 is 1.90 bits per heavy atom. The van der Waals surface area contributed by atoms with Crippen LogP contribution in [0.25, 0.3) is 22.6 Å². The average molecular weight is 416 g/mol. The smallest absolute Gasteiger partial charge is 0.339 e. The van der Waals surface area contributed by atoms with Crippen molar-refractivity contribution in [2.24, 2.45) is 0 Å². The van der Waals surface area contributed by atoms with Gasteiger partial charge in [-0.3, -0.25) is 4.79 Å². The summed E-state index contributed by atoms with van der Waals surface area (Å²) in [5, 5.41) is 0.763. The minimum atomic E-state index is -0.457. The van der Waals surface area contributed by atoms with Gasteiger partial charge in [-0.2, -0.15) is 0 Å². The molecule has 2 aliphatic rings. The summed E-state index contributed by atoms with van der Waals surface area (Å²) >= 11 is 0. The Kier molecular flexibility index (Phi) is 5.28. The number of pyridine rings is 1. The molecule has 31 heavy (non-hydrogen) atoms. The highest BCUT2D eigenvalue weighted by Gasteiger charge is 2.27. The lowest BCUT2D eigenvalue weighted by Gasteiger charge is -2.22. The van der Waals surface area contributed by atoms with E-state index in [1.807, 2.05) is 42.5 Å². The van der Waals surface area contributed by atoms with E-state index in [2.05, 4.69) is 0 Å². The molecule has 1 aliphatic carbocycles. The lowest BCUT2D eigenvalue weighted by atomic mass is 9.86. The number of carbonyl (C=O) groups is 2. The largest absolute Gasteiger partial charge is 0.465 e. The van der Waals surface area contributed by atoms with Crippen molar-refractivity contribution in [3.8, 4) is 0 Å². The van der Waals surface area contributed by atoms with Gasteiger partial charge in [-0.15, -0.1) is 0 Å². The number of fused-ring (bicyclic) bond motifs is 2. The lowest BCUT2D eigenvalue weighted by molar-refractivity contribution is -0.133. The van der Waals surface area contributed by atoms with E-state index in [0.29, 0.717) is 5.56 Å². The molecule has 1 saturated heterocycles. The molecule has 0 bridgehead atoms. The molecule has 5 rings (SSSR count). The number of furan rings is 1. The predicted molar refractivity (Wildman–Crippen MR) is 117 cm³/mol. The maximum absolute atomic E-state index is 13.2. The zero-order chi connectivity index (χ0) is 21.2. The van der Waals surface area contributed by atoms with E-state index in [-0.39, 0.29) is 12.5 Å². The van der Waals surface area contributed by atoms with Crippen molar-refractivity contribution in [1.82, 2.24) is 9.88 Å². The van der Waals surface area contributed by atoms with Gasteiger partial charge in [0.15, 0.2) is 6.61 Å². The number of ether oxygens (including phenoxy) is 1. The van der Waals surface area contributed by atoms with Crippen LogP contribution in [-0.2, 0) is 16.0 Å². The van der Waals surface area contributed by atoms with Crippen LogP contribution < -0.4 is 0 Å². The average Bonchev–Trinajstić information content (AvgIpc) is 3.50. The fourth-order valence-electron chi connectivity index (χ4n) is 4.51. The Labute approximate surface area is 180 Å². The molecule has 1 fully saturated rings. The molecular weight excluding hydrogens is 392 g/mol. The molecule has 2 aromatic heterocycles. The summed E-state index contributed by atoms with van der Waals surface area (Å²) in [5.41, 5.74) is 4.02. The van der Waals surface area contributed by atoms with Crippen LogP contribution >= 0.6 is 0 Å². The second kappa shape index (κ2) is 8.38. The minimum Gasteiger partial charge on any atom is -0.465 e. The summed E-state index contributed by atoms with van der Waals surface area (Å²) in [6.45, 7) is 1.26. The van der Waals surface area contributed by atoms with Crippen LogP contribution in [0.5, 0.6) is 0 Å². The fraction of sp³-hybridized carbons (Fsp3) is 0.320. The third kappa shape index (κ3) is 3.85. The summed E-state index contributed by atoms with van der Waals surface area (Å²) < 4.78 is 11.0. The normalized spacial score (nSPS) is 17.2. The van der Waals surface area contributed by atoms with Crippen molar-refractivity contribution >= 4 is 34.4 Å². The van der Waals surface area contributed by atoms with Gasteiger partial charge in [0.1, 0.15) is 5.76 Å². The van der Waals surface area contributed by atoms with Gasteiger partial charge in [0, 0.05) is 18.5 Å². The van der Waals surface area contributed by atoms with E-state index in [1.54, 1.807) is 11.2 Å². The summed E-state index contributed by atoms with van der Waals surface area (Å²) in [6, 6.07) is 11.4. The zero-order valence-electron chi connectivity index (χ0n) is 17.3. The highest BCUT2D eigenvalue weighted by molar-refractivity contribution is 6.07. The molecule has 1 aliphatic heterocycles. The molecule has 6 nitrogen and oxygen atoms in total. The molecule has 3 aromatic rings. The topological polar surface area (TPSA) is 72.6 Å².